The van der Waals surface area contributed by atoms with Crippen molar-refractivity contribution in [2.45, 2.75) is 6.42 Å². The third-order valence-electron chi connectivity index (χ3n) is 2.08. The molecule has 0 spiro atoms. The van der Waals surface area contributed by atoms with Gasteiger partial charge in [0, 0.05) is 12.1 Å². The molecule has 0 aliphatic heterocycles. The molecule has 1 rings (SSSR count). The van der Waals surface area contributed by atoms with Crippen molar-refractivity contribution in [1.29, 1.82) is 0 Å². The molecule has 16 heavy (non-hydrogen) atoms. The Morgan fingerprint density at radius 1 is 1.44 bits per heavy atom. The van der Waals surface area contributed by atoms with Crippen molar-refractivity contribution in [2.24, 2.45) is 0 Å². The fourth-order valence-corrected chi connectivity index (χ4v) is 1.40. The highest BCUT2D eigenvalue weighted by Gasteiger charge is 2.14. The summed E-state index contributed by atoms with van der Waals surface area (Å²) in [5.41, 5.74) is 6.89. The van der Waals surface area contributed by atoms with E-state index in [2.05, 4.69) is 4.74 Å². The number of nitrogens with two attached hydrogens (primary N) is 1. The van der Waals surface area contributed by atoms with Crippen LogP contribution in [-0.2, 0) is 16.0 Å². The van der Waals surface area contributed by atoms with Crippen molar-refractivity contribution in [3.05, 3.63) is 29.3 Å². The van der Waals surface area contributed by atoms with Crippen LogP contribution in [0.1, 0.15) is 15.9 Å². The largest absolute Gasteiger partial charge is 0.465 e. The topological polar surface area (TPSA) is 69.4 Å². The Hall–Kier alpha value is -1.55. The molecule has 2 N–H and O–H groups in total. The highest BCUT2D eigenvalue weighted by atomic mass is 35.5. The molecule has 0 heterocycles. The molecule has 4 nitrogen and oxygen atoms in total. The summed E-state index contributed by atoms with van der Waals surface area (Å²) in [7, 11) is 1.28. The minimum absolute atomic E-state index is 0.0784. The third-order valence-corrected chi connectivity index (χ3v) is 2.37. The summed E-state index contributed by atoms with van der Waals surface area (Å²) >= 11 is 5.41. The maximum atomic E-state index is 11.4. The van der Waals surface area contributed by atoms with E-state index in [1.165, 1.54) is 13.2 Å². The van der Waals surface area contributed by atoms with Crippen molar-refractivity contribution < 1.29 is 14.3 Å². The van der Waals surface area contributed by atoms with E-state index < -0.39 is 5.97 Å². The Labute approximate surface area is 98.3 Å². The minimum Gasteiger partial charge on any atom is -0.465 e. The summed E-state index contributed by atoms with van der Waals surface area (Å²) in [6, 6.07) is 4.75. The van der Waals surface area contributed by atoms with Gasteiger partial charge in [-0.3, -0.25) is 4.79 Å². The van der Waals surface area contributed by atoms with Gasteiger partial charge in [-0.1, -0.05) is 6.07 Å². The van der Waals surface area contributed by atoms with E-state index in [0.29, 0.717) is 16.8 Å². The number of hydrogen-bond donors (Lipinski definition) is 1. The number of hydrogen-bond acceptors (Lipinski definition) is 4. The van der Waals surface area contributed by atoms with Crippen molar-refractivity contribution in [3.8, 4) is 0 Å². The summed E-state index contributed by atoms with van der Waals surface area (Å²) in [5, 5.41) is 0. The standard InChI is InChI=1S/C11H12ClNO3/c1-16-11(15)10-5-8(13)3-2-7(10)4-9(14)6-12/h2-3,5H,4,6,13H2,1H3. The summed E-state index contributed by atoms with van der Waals surface area (Å²) in [5.74, 6) is -0.744. The molecule has 0 bridgehead atoms. The quantitative estimate of drug-likeness (QED) is 0.492. The van der Waals surface area contributed by atoms with Crippen LogP contribution < -0.4 is 5.73 Å². The molecule has 0 aliphatic rings. The smallest absolute Gasteiger partial charge is 0.338 e. The highest BCUT2D eigenvalue weighted by molar-refractivity contribution is 6.27. The van der Waals surface area contributed by atoms with Gasteiger partial charge < -0.3 is 10.5 Å². The second kappa shape index (κ2) is 5.51. The number of benzene rings is 1. The van der Waals surface area contributed by atoms with Gasteiger partial charge in [0.15, 0.2) is 5.78 Å². The van der Waals surface area contributed by atoms with Crippen molar-refractivity contribution in [2.75, 3.05) is 18.7 Å². The Morgan fingerprint density at radius 2 is 2.12 bits per heavy atom. The van der Waals surface area contributed by atoms with Gasteiger partial charge in [0.05, 0.1) is 18.6 Å². The Balaban J connectivity index is 3.07. The van der Waals surface area contributed by atoms with Crippen LogP contribution in [0.3, 0.4) is 0 Å². The molecule has 0 atom stereocenters. The van der Waals surface area contributed by atoms with Crippen LogP contribution in [0, 0.1) is 0 Å². The monoisotopic (exact) mass is 241 g/mol. The van der Waals surface area contributed by atoms with Crippen molar-refractivity contribution in [1.82, 2.24) is 0 Å². The van der Waals surface area contributed by atoms with Gasteiger partial charge in [-0.05, 0) is 17.7 Å². The van der Waals surface area contributed by atoms with Crippen LogP contribution in [0.5, 0.6) is 0 Å². The Kier molecular flexibility index (Phi) is 4.31. The number of alkyl halides is 1. The molecule has 0 aliphatic carbocycles. The number of carbonyl (C=O) groups excluding carboxylic acids is 2. The number of esters is 1. The first-order chi connectivity index (χ1) is 7.58. The van der Waals surface area contributed by atoms with Crippen LogP contribution in [0.15, 0.2) is 18.2 Å². The van der Waals surface area contributed by atoms with Crippen LogP contribution >= 0.6 is 11.6 Å². The summed E-state index contributed by atoms with van der Waals surface area (Å²) < 4.78 is 4.61. The lowest BCUT2D eigenvalue weighted by Crippen LogP contribution is -2.11. The first-order valence-electron chi connectivity index (χ1n) is 4.63. The van der Waals surface area contributed by atoms with Gasteiger partial charge >= 0.3 is 5.97 Å². The van der Waals surface area contributed by atoms with Gasteiger partial charge in [-0.25, -0.2) is 4.79 Å². The number of rotatable bonds is 4. The molecule has 1 aromatic rings. The zero-order chi connectivity index (χ0) is 12.1. The number of methoxy groups -OCH3 is 1. The summed E-state index contributed by atoms with van der Waals surface area (Å²) in [6.07, 6.45) is 0.105. The molecular weight excluding hydrogens is 230 g/mol. The predicted octanol–water partition coefficient (Wildman–Crippen LogP) is 1.41. The highest BCUT2D eigenvalue weighted by Crippen LogP contribution is 2.16. The summed E-state index contributed by atoms with van der Waals surface area (Å²) in [6.45, 7) is 0. The van der Waals surface area contributed by atoms with Gasteiger partial charge in [0.2, 0.25) is 0 Å². The van der Waals surface area contributed by atoms with Crippen LogP contribution in [0.4, 0.5) is 5.69 Å². The Bertz CT molecular complexity index is 418. The number of anilines is 1. The van der Waals surface area contributed by atoms with E-state index >= 15 is 0 Å². The zero-order valence-electron chi connectivity index (χ0n) is 8.83. The molecule has 0 radical (unpaired) electrons. The normalized spacial score (nSPS) is 9.88. The lowest BCUT2D eigenvalue weighted by Gasteiger charge is -2.07. The first kappa shape index (κ1) is 12.5. The molecule has 0 saturated carbocycles. The molecule has 0 aromatic heterocycles. The van der Waals surface area contributed by atoms with Gasteiger partial charge in [0.1, 0.15) is 0 Å². The van der Waals surface area contributed by atoms with E-state index in [0.717, 1.165) is 0 Å². The number of carbonyl (C=O) groups is 2. The minimum atomic E-state index is -0.510. The Morgan fingerprint density at radius 3 is 2.69 bits per heavy atom. The second-order valence-electron chi connectivity index (χ2n) is 3.26. The van der Waals surface area contributed by atoms with Crippen LogP contribution in [-0.4, -0.2) is 24.7 Å². The summed E-state index contributed by atoms with van der Waals surface area (Å²) in [4.78, 5) is 22.6. The molecule has 0 unspecified atom stereocenters. The van der Waals surface area contributed by atoms with Gasteiger partial charge in [-0.15, -0.1) is 11.6 Å². The number of nitrogen functional groups attached to an aromatic ring is 1. The molecule has 5 heteroatoms. The van der Waals surface area contributed by atoms with Gasteiger partial charge in [0.25, 0.3) is 0 Å². The lowest BCUT2D eigenvalue weighted by atomic mass is 10.0. The number of ether oxygens (including phenoxy) is 1. The second-order valence-corrected chi connectivity index (χ2v) is 3.52. The maximum Gasteiger partial charge on any atom is 0.338 e. The molecule has 0 amide bonds. The van der Waals surface area contributed by atoms with E-state index in [1.807, 2.05) is 0 Å². The van der Waals surface area contributed by atoms with Crippen molar-refractivity contribution >= 4 is 29.0 Å². The van der Waals surface area contributed by atoms with E-state index in [4.69, 9.17) is 17.3 Å². The van der Waals surface area contributed by atoms with Crippen LogP contribution in [0.2, 0.25) is 0 Å². The fraction of sp³-hybridized carbons (Fsp3) is 0.273. The number of halogens is 1. The first-order valence-corrected chi connectivity index (χ1v) is 5.16. The number of Topliss-reactive ketones (excluding diaryl/α,β-unsaturated/α-hetero) is 1. The number of ketones is 1. The van der Waals surface area contributed by atoms with Crippen LogP contribution in [0.25, 0.3) is 0 Å². The molecule has 1 aromatic carbocycles. The van der Waals surface area contributed by atoms with Gasteiger partial charge in [-0.2, -0.15) is 0 Å². The molecular formula is C11H12ClNO3. The zero-order valence-corrected chi connectivity index (χ0v) is 9.58. The van der Waals surface area contributed by atoms with Crippen molar-refractivity contribution in [3.63, 3.8) is 0 Å². The van der Waals surface area contributed by atoms with E-state index in [9.17, 15) is 9.59 Å². The predicted molar refractivity (Wildman–Crippen MR) is 61.6 cm³/mol. The average Bonchev–Trinajstić information content (AvgIpc) is 2.30. The van der Waals surface area contributed by atoms with E-state index in [1.54, 1.807) is 12.1 Å². The third kappa shape index (κ3) is 2.97. The SMILES string of the molecule is COC(=O)c1cc(N)ccc1CC(=O)CCl. The fourth-order valence-electron chi connectivity index (χ4n) is 1.31. The molecule has 86 valence electrons. The molecule has 0 fully saturated rings. The molecule has 0 saturated heterocycles. The lowest BCUT2D eigenvalue weighted by molar-refractivity contribution is -0.116. The van der Waals surface area contributed by atoms with E-state index in [-0.39, 0.29) is 18.1 Å². The maximum absolute atomic E-state index is 11.4. The average molecular weight is 242 g/mol.